The summed E-state index contributed by atoms with van der Waals surface area (Å²) in [5, 5.41) is 55.1. The van der Waals surface area contributed by atoms with Crippen LogP contribution in [0, 0.1) is 34.5 Å². The van der Waals surface area contributed by atoms with Crippen LogP contribution in [-0.4, -0.2) is 93.4 Å². The lowest BCUT2D eigenvalue weighted by molar-refractivity contribution is -0.460. The van der Waals surface area contributed by atoms with E-state index in [4.69, 9.17) is 18.9 Å². The Morgan fingerprint density at radius 2 is 1.82 bits per heavy atom. The van der Waals surface area contributed by atoms with E-state index in [0.29, 0.717) is 25.9 Å². The molecule has 3 aliphatic heterocycles. The second kappa shape index (κ2) is 8.94. The zero-order valence-corrected chi connectivity index (χ0v) is 22.5. The quantitative estimate of drug-likeness (QED) is 0.251. The highest BCUT2D eigenvalue weighted by atomic mass is 16.8. The summed E-state index contributed by atoms with van der Waals surface area (Å²) in [6.45, 7) is 2.16. The first-order valence-corrected chi connectivity index (χ1v) is 14.8. The van der Waals surface area contributed by atoms with Gasteiger partial charge < -0.3 is 44.5 Å². The standard InChI is InChI=1S/C29H42O10/c1-26-6-4-19-20(28(26,34)7-5-18(26)15-8-24(33)36-13-15)3-2-16-9-21-22(11-27(16,19)14-31)39-29(35)23(32)10-17(12-30)37-25(29)38-21/h8,16-23,25,30-32,34-35H,2-7,9-14H2,1H3/t16-,17-,18+,19-,20+,21+,22+,23+,25-,26+,27+,28-,29-/m0/s1. The van der Waals surface area contributed by atoms with Crippen LogP contribution in [0.15, 0.2) is 11.6 Å². The summed E-state index contributed by atoms with van der Waals surface area (Å²) < 4.78 is 23.4. The molecule has 0 aromatic rings. The second-order valence-electron chi connectivity index (χ2n) is 13.7. The Labute approximate surface area is 228 Å². The number of esters is 1. The number of fused-ring (bicyclic) bond motifs is 7. The fourth-order valence-corrected chi connectivity index (χ4v) is 10.4. The highest BCUT2D eigenvalue weighted by Gasteiger charge is 2.70. The summed E-state index contributed by atoms with van der Waals surface area (Å²) in [5.41, 5.74) is -0.771. The number of aliphatic hydroxyl groups is 5. The first-order chi connectivity index (χ1) is 18.6. The summed E-state index contributed by atoms with van der Waals surface area (Å²) in [5.74, 6) is -1.99. The van der Waals surface area contributed by atoms with Gasteiger partial charge in [0.2, 0.25) is 12.1 Å². The molecule has 4 aliphatic carbocycles. The van der Waals surface area contributed by atoms with E-state index in [9.17, 15) is 30.3 Å². The smallest absolute Gasteiger partial charge is 0.331 e. The van der Waals surface area contributed by atoms with Crippen LogP contribution in [0.2, 0.25) is 0 Å². The Kier molecular flexibility index (Phi) is 6.14. The summed E-state index contributed by atoms with van der Waals surface area (Å²) in [6, 6.07) is 0. The van der Waals surface area contributed by atoms with E-state index < -0.39 is 41.4 Å². The molecule has 39 heavy (non-hydrogen) atoms. The Bertz CT molecular complexity index is 1050. The maximum Gasteiger partial charge on any atom is 0.331 e. The summed E-state index contributed by atoms with van der Waals surface area (Å²) >= 11 is 0. The van der Waals surface area contributed by atoms with Gasteiger partial charge in [-0.25, -0.2) is 4.79 Å². The zero-order valence-electron chi connectivity index (χ0n) is 22.5. The number of hydrogen-bond acceptors (Lipinski definition) is 10. The van der Waals surface area contributed by atoms with Crippen molar-refractivity contribution in [2.24, 2.45) is 34.5 Å². The van der Waals surface area contributed by atoms with E-state index >= 15 is 0 Å². The Hall–Kier alpha value is -1.11. The third-order valence-electron chi connectivity index (χ3n) is 12.4. The largest absolute Gasteiger partial charge is 0.458 e. The van der Waals surface area contributed by atoms with Gasteiger partial charge in [0.1, 0.15) is 12.7 Å². The van der Waals surface area contributed by atoms with Crippen molar-refractivity contribution in [1.82, 2.24) is 0 Å². The van der Waals surface area contributed by atoms with E-state index in [1.54, 1.807) is 6.08 Å². The van der Waals surface area contributed by atoms with Crippen molar-refractivity contribution < 1.29 is 49.3 Å². The van der Waals surface area contributed by atoms with Crippen molar-refractivity contribution in [3.8, 4) is 0 Å². The van der Waals surface area contributed by atoms with Crippen LogP contribution in [0.1, 0.15) is 64.7 Å². The summed E-state index contributed by atoms with van der Waals surface area (Å²) in [6.07, 6.45) is 3.58. The van der Waals surface area contributed by atoms with Crippen LogP contribution in [0.25, 0.3) is 0 Å². The molecule has 5 N–H and O–H groups in total. The Morgan fingerprint density at radius 3 is 2.54 bits per heavy atom. The number of ether oxygens (including phenoxy) is 4. The first-order valence-electron chi connectivity index (χ1n) is 14.8. The SMILES string of the molecule is C[C@]12CC[C@H]3[C@@H](CC[C@H]4C[C@H]5O[C@@H]6O[C@H](CO)C[C@@H](O)[C@]6(O)O[C@@H]5C[C@@]43CO)[C@@]1(O)CC[C@@H]2C1=CC(=O)OC1. The molecule has 0 radical (unpaired) electrons. The number of cyclic esters (lactones) is 1. The number of rotatable bonds is 3. The first kappa shape index (κ1) is 26.8. The average molecular weight is 551 g/mol. The maximum absolute atomic E-state index is 12.5. The van der Waals surface area contributed by atoms with E-state index in [2.05, 4.69) is 6.92 Å². The van der Waals surface area contributed by atoms with E-state index in [1.165, 1.54) is 0 Å². The molecular formula is C29H42O10. The lowest BCUT2D eigenvalue weighted by atomic mass is 9.42. The Balaban J connectivity index is 1.17. The van der Waals surface area contributed by atoms with Crippen LogP contribution in [0.4, 0.5) is 0 Å². The summed E-state index contributed by atoms with van der Waals surface area (Å²) in [4.78, 5) is 11.8. The van der Waals surface area contributed by atoms with Gasteiger partial charge in [-0.05, 0) is 80.6 Å². The fourth-order valence-electron chi connectivity index (χ4n) is 10.4. The van der Waals surface area contributed by atoms with Crippen LogP contribution in [0.3, 0.4) is 0 Å². The van der Waals surface area contributed by atoms with Crippen LogP contribution >= 0.6 is 0 Å². The molecule has 0 aromatic carbocycles. The van der Waals surface area contributed by atoms with Gasteiger partial charge in [0, 0.05) is 29.9 Å². The monoisotopic (exact) mass is 550 g/mol. The number of carbonyl (C=O) groups is 1. The van der Waals surface area contributed by atoms with E-state index in [0.717, 1.165) is 37.7 Å². The van der Waals surface area contributed by atoms with Crippen LogP contribution in [0.5, 0.6) is 0 Å². The average Bonchev–Trinajstić information content (AvgIpc) is 3.46. The van der Waals surface area contributed by atoms with Gasteiger partial charge in [-0.2, -0.15) is 0 Å². The van der Waals surface area contributed by atoms with Crippen molar-refractivity contribution in [2.75, 3.05) is 19.8 Å². The van der Waals surface area contributed by atoms with Crippen molar-refractivity contribution in [3.63, 3.8) is 0 Å². The molecule has 0 aromatic heterocycles. The van der Waals surface area contributed by atoms with Gasteiger partial charge >= 0.3 is 5.97 Å². The number of hydrogen-bond donors (Lipinski definition) is 5. The lowest BCUT2D eigenvalue weighted by Crippen LogP contribution is -2.71. The summed E-state index contributed by atoms with van der Waals surface area (Å²) in [7, 11) is 0. The molecule has 7 aliphatic rings. The van der Waals surface area contributed by atoms with Gasteiger partial charge in [0.25, 0.3) is 0 Å². The van der Waals surface area contributed by atoms with Gasteiger partial charge in [0.15, 0.2) is 0 Å². The predicted octanol–water partition coefficient (Wildman–Crippen LogP) is 0.767. The molecule has 0 spiro atoms. The third kappa shape index (κ3) is 3.52. The van der Waals surface area contributed by atoms with Crippen molar-refractivity contribution in [3.05, 3.63) is 11.6 Å². The molecule has 6 fully saturated rings. The molecule has 3 heterocycles. The molecule has 10 heteroatoms. The molecule has 7 rings (SSSR count). The van der Waals surface area contributed by atoms with Gasteiger partial charge in [-0.3, -0.25) is 0 Å². The minimum absolute atomic E-state index is 0.00841. The van der Waals surface area contributed by atoms with Crippen LogP contribution in [-0.2, 0) is 23.7 Å². The minimum atomic E-state index is -2.04. The van der Waals surface area contributed by atoms with Crippen molar-refractivity contribution >= 4 is 5.97 Å². The third-order valence-corrected chi connectivity index (χ3v) is 12.4. The van der Waals surface area contributed by atoms with E-state index in [1.807, 2.05) is 0 Å². The van der Waals surface area contributed by atoms with Gasteiger partial charge in [0.05, 0.1) is 30.5 Å². The number of aliphatic hydroxyl groups excluding tert-OH is 3. The highest BCUT2D eigenvalue weighted by Crippen LogP contribution is 2.70. The highest BCUT2D eigenvalue weighted by molar-refractivity contribution is 5.85. The molecule has 0 unspecified atom stereocenters. The second-order valence-corrected chi connectivity index (χ2v) is 13.7. The lowest BCUT2D eigenvalue weighted by Gasteiger charge is -2.66. The molecule has 10 nitrogen and oxygen atoms in total. The molecule has 218 valence electrons. The number of carbonyl (C=O) groups excluding carboxylic acids is 1. The van der Waals surface area contributed by atoms with Gasteiger partial charge in [-0.1, -0.05) is 6.92 Å². The molecule has 0 bridgehead atoms. The normalized spacial score (nSPS) is 56.4. The van der Waals surface area contributed by atoms with Gasteiger partial charge in [-0.15, -0.1) is 0 Å². The maximum atomic E-state index is 12.5. The van der Waals surface area contributed by atoms with E-state index in [-0.39, 0.29) is 60.8 Å². The Morgan fingerprint density at radius 1 is 1.00 bits per heavy atom. The molecule has 0 amide bonds. The van der Waals surface area contributed by atoms with Crippen molar-refractivity contribution in [1.29, 1.82) is 0 Å². The zero-order chi connectivity index (χ0) is 27.4. The molecule has 2 saturated heterocycles. The predicted molar refractivity (Wildman–Crippen MR) is 134 cm³/mol. The molecule has 4 saturated carbocycles. The molecular weight excluding hydrogens is 508 g/mol. The minimum Gasteiger partial charge on any atom is -0.458 e. The topological polar surface area (TPSA) is 155 Å². The van der Waals surface area contributed by atoms with Crippen LogP contribution < -0.4 is 0 Å². The van der Waals surface area contributed by atoms with Crippen molar-refractivity contribution in [2.45, 2.75) is 107 Å². The molecule has 13 atom stereocenters. The fraction of sp³-hybridized carbons (Fsp3) is 0.897.